The Kier molecular flexibility index (Phi) is 10.6. The molecule has 1 saturated heterocycles. The van der Waals surface area contributed by atoms with Gasteiger partial charge in [-0.1, -0.05) is 108 Å². The molecule has 4 aromatic rings. The summed E-state index contributed by atoms with van der Waals surface area (Å²) in [4.78, 5) is 0. The van der Waals surface area contributed by atoms with Crippen molar-refractivity contribution >= 4 is 23.2 Å². The Morgan fingerprint density at radius 2 is 1.27 bits per heavy atom. The molecule has 6 aliphatic rings. The molecule has 5 fully saturated rings. The Balaban J connectivity index is 0.00000449. The average Bonchev–Trinajstić information content (AvgIpc) is 3.79. The van der Waals surface area contributed by atoms with Crippen LogP contribution in [0.15, 0.2) is 91.0 Å². The van der Waals surface area contributed by atoms with Crippen molar-refractivity contribution in [2.75, 3.05) is 12.8 Å². The van der Waals surface area contributed by atoms with E-state index in [1.165, 1.54) is 97.7 Å². The molecule has 0 unspecified atom stereocenters. The third kappa shape index (κ3) is 6.06. The maximum Gasteiger partial charge on any atom is 0.112 e. The van der Waals surface area contributed by atoms with Gasteiger partial charge in [-0.25, -0.2) is 4.68 Å². The maximum atomic E-state index is 6.86. The van der Waals surface area contributed by atoms with Crippen molar-refractivity contribution in [3.05, 3.63) is 102 Å². The summed E-state index contributed by atoms with van der Waals surface area (Å²) < 4.78 is 9.23. The van der Waals surface area contributed by atoms with E-state index in [9.17, 15) is 0 Å². The number of aromatic nitrogens is 3. The van der Waals surface area contributed by atoms with Crippen LogP contribution < -0.4 is 32.9 Å². The van der Waals surface area contributed by atoms with Crippen LogP contribution in [0.3, 0.4) is 0 Å². The molecule has 2 heterocycles. The minimum absolute atomic E-state index is 0. The zero-order chi connectivity index (χ0) is 40.2. The summed E-state index contributed by atoms with van der Waals surface area (Å²) in [7, 11) is -1.81. The molecule has 4 nitrogen and oxygen atoms in total. The first kappa shape index (κ1) is 42.0. The van der Waals surface area contributed by atoms with E-state index in [1.54, 1.807) is 0 Å². The van der Waals surface area contributed by atoms with Crippen LogP contribution in [0.1, 0.15) is 130 Å². The van der Waals surface area contributed by atoms with Crippen molar-refractivity contribution in [2.24, 2.45) is 50.7 Å². The highest BCUT2D eigenvalue weighted by Gasteiger charge is 2.73. The molecule has 0 N–H and O–H groups in total. The first-order valence-corrected chi connectivity index (χ1v) is 25.4. The van der Waals surface area contributed by atoms with Gasteiger partial charge in [-0.15, -0.1) is 5.10 Å². The fourth-order valence-electron chi connectivity index (χ4n) is 16.3. The van der Waals surface area contributed by atoms with Gasteiger partial charge in [0.05, 0.1) is 30.3 Å². The summed E-state index contributed by atoms with van der Waals surface area (Å²) in [5.41, 5.74) is 4.54. The first-order chi connectivity index (χ1) is 27.8. The lowest BCUT2D eigenvalue weighted by atomic mass is 9.31. The number of benzene rings is 3. The van der Waals surface area contributed by atoms with Crippen LogP contribution in [0.5, 0.6) is 0 Å². The highest BCUT2D eigenvalue weighted by Crippen LogP contribution is 2.77. The molecule has 10 rings (SSSR count). The number of nitrogens with zero attached hydrogens (tertiary/aromatic N) is 3. The predicted molar refractivity (Wildman–Crippen MR) is 242 cm³/mol. The highest BCUT2D eigenvalue weighted by atomic mass is 79.9. The monoisotopic (exact) mass is 875 g/mol. The lowest BCUT2D eigenvalue weighted by Gasteiger charge is -2.72. The molecular weight excluding hydrogens is 805 g/mol. The van der Waals surface area contributed by atoms with Crippen molar-refractivity contribution in [3.63, 3.8) is 0 Å². The largest absolute Gasteiger partial charge is 1.00 e. The summed E-state index contributed by atoms with van der Waals surface area (Å²) >= 11 is 0. The van der Waals surface area contributed by atoms with Crippen molar-refractivity contribution in [1.29, 1.82) is 0 Å². The zero-order valence-electron chi connectivity index (χ0n) is 37.2. The number of rotatable bonds is 9. The van der Waals surface area contributed by atoms with Gasteiger partial charge in [-0.3, -0.25) is 0 Å². The summed E-state index contributed by atoms with van der Waals surface area (Å²) in [6.07, 6.45) is 17.2. The number of halogens is 1. The summed E-state index contributed by atoms with van der Waals surface area (Å²) in [6, 6.07) is 34.2. The van der Waals surface area contributed by atoms with Crippen LogP contribution in [0, 0.1) is 50.7 Å². The molecule has 0 radical (unpaired) electrons. The van der Waals surface area contributed by atoms with E-state index in [0.29, 0.717) is 33.7 Å². The van der Waals surface area contributed by atoms with E-state index in [1.807, 2.05) is 0 Å². The van der Waals surface area contributed by atoms with Crippen LogP contribution in [0.2, 0.25) is 0 Å². The molecule has 316 valence electrons. The van der Waals surface area contributed by atoms with Crippen LogP contribution in [-0.4, -0.2) is 33.9 Å². The van der Waals surface area contributed by atoms with E-state index in [2.05, 4.69) is 144 Å². The third-order valence-corrected chi connectivity index (χ3v) is 23.7. The van der Waals surface area contributed by atoms with Gasteiger partial charge < -0.3 is 21.7 Å². The Hall–Kier alpha value is -2.33. The van der Waals surface area contributed by atoms with Crippen LogP contribution >= 0.6 is 7.26 Å². The Labute approximate surface area is 367 Å². The van der Waals surface area contributed by atoms with E-state index < -0.39 is 7.26 Å². The Bertz CT molecular complexity index is 2020. The van der Waals surface area contributed by atoms with Gasteiger partial charge in [0.25, 0.3) is 0 Å². The fraction of sp³-hybridized carbons (Fsp3) is 0.623. The van der Waals surface area contributed by atoms with Gasteiger partial charge in [0.1, 0.15) is 23.2 Å². The standard InChI is InChI=1S/C53H71N3OP.BrH/c1-48(2)30-32-53-33-31-51(6)41(45(53)47(48)57-37-53)26-27-44-50(5)36-42-46(49(3,4)43(50)28-29-52(44,51)7)56(55-54-42)34-18-11-19-35-58(38-20-12-8-13-21-38,39-22-14-9-15-23-39)40-24-16-10-17-25-40;/h8-10,12-17,20-25,41,43-45,47H,11,18-19,26-37H2,1-7H3;1H/q+1;/p-1/t41-,43+,44-,45+,47-,50+,51-,52-,53-;/m1./s1. The molecule has 9 atom stereocenters. The normalized spacial score (nSPS) is 36.2. The SMILES string of the molecule is CC1(C)CC[C@]23CC[C@]4(C)[C@H](CC[C@@H]5[C@@]6(C)Cc7nnn(CCCCC[P+](c8ccccc8)(c8ccccc8)c8ccccc8)c7C(C)(C)[C@@H]6CC[C@]54C)[C@H]2[C@H]1OC3.[Br-]. The second kappa shape index (κ2) is 14.9. The zero-order valence-corrected chi connectivity index (χ0v) is 39.7. The van der Waals surface area contributed by atoms with Crippen molar-refractivity contribution in [3.8, 4) is 0 Å². The lowest BCUT2D eigenvalue weighted by Crippen LogP contribution is -3.00. The minimum atomic E-state index is -1.81. The molecule has 3 aromatic carbocycles. The van der Waals surface area contributed by atoms with Crippen LogP contribution in [0.4, 0.5) is 0 Å². The Morgan fingerprint density at radius 3 is 1.90 bits per heavy atom. The molecular formula is C53H71BrN3OP. The highest BCUT2D eigenvalue weighted by molar-refractivity contribution is 7.95. The first-order valence-electron chi connectivity index (χ1n) is 23.4. The molecule has 0 spiro atoms. The molecule has 59 heavy (non-hydrogen) atoms. The second-order valence-corrected chi connectivity index (χ2v) is 26.0. The molecule has 6 heteroatoms. The van der Waals surface area contributed by atoms with Crippen molar-refractivity contribution in [1.82, 2.24) is 15.0 Å². The number of fused-ring (bicyclic) bond motifs is 6. The second-order valence-electron chi connectivity index (χ2n) is 22.4. The molecule has 5 aliphatic carbocycles. The van der Waals surface area contributed by atoms with Crippen molar-refractivity contribution < 1.29 is 21.7 Å². The molecule has 2 bridgehead atoms. The minimum Gasteiger partial charge on any atom is -1.00 e. The van der Waals surface area contributed by atoms with Crippen LogP contribution in [0.25, 0.3) is 0 Å². The molecule has 4 saturated carbocycles. The number of unbranched alkanes of at least 4 members (excludes halogenated alkanes) is 2. The van der Waals surface area contributed by atoms with Gasteiger partial charge in [0.15, 0.2) is 0 Å². The van der Waals surface area contributed by atoms with Gasteiger partial charge in [0.2, 0.25) is 0 Å². The summed E-state index contributed by atoms with van der Waals surface area (Å²) in [5, 5.41) is 14.6. The van der Waals surface area contributed by atoms with Crippen LogP contribution in [-0.2, 0) is 23.1 Å². The van der Waals surface area contributed by atoms with E-state index in [0.717, 1.165) is 43.7 Å². The van der Waals surface area contributed by atoms with Gasteiger partial charge in [-0.2, -0.15) is 0 Å². The van der Waals surface area contributed by atoms with Crippen molar-refractivity contribution in [2.45, 2.75) is 144 Å². The fourth-order valence-corrected chi connectivity index (χ4v) is 20.7. The van der Waals surface area contributed by atoms with Gasteiger partial charge in [0, 0.05) is 12.0 Å². The predicted octanol–water partition coefficient (Wildman–Crippen LogP) is 8.35. The van der Waals surface area contributed by atoms with Gasteiger partial charge >= 0.3 is 0 Å². The molecule has 1 aliphatic heterocycles. The molecule has 1 aromatic heterocycles. The number of ether oxygens (including phenoxy) is 1. The summed E-state index contributed by atoms with van der Waals surface area (Å²) in [5.74, 6) is 2.92. The number of hydrogen-bond donors (Lipinski definition) is 0. The smallest absolute Gasteiger partial charge is 0.112 e. The quantitative estimate of drug-likeness (QED) is 0.126. The number of aryl methyl sites for hydroxylation is 1. The Morgan fingerprint density at radius 1 is 0.661 bits per heavy atom. The van der Waals surface area contributed by atoms with Gasteiger partial charge in [-0.05, 0) is 164 Å². The lowest BCUT2D eigenvalue weighted by molar-refractivity contribution is -0.233. The third-order valence-electron chi connectivity index (χ3n) is 19.2. The topological polar surface area (TPSA) is 39.9 Å². The molecule has 0 amide bonds. The van der Waals surface area contributed by atoms with E-state index in [-0.39, 0.29) is 27.8 Å². The summed E-state index contributed by atoms with van der Waals surface area (Å²) in [6.45, 7) is 20.5. The average molecular weight is 877 g/mol. The van der Waals surface area contributed by atoms with E-state index in [4.69, 9.17) is 15.0 Å². The van der Waals surface area contributed by atoms with E-state index >= 15 is 0 Å². The maximum absolute atomic E-state index is 6.86. The number of hydrogen-bond acceptors (Lipinski definition) is 3.